The summed E-state index contributed by atoms with van der Waals surface area (Å²) in [5.74, 6) is -0.162. The third-order valence-corrected chi connectivity index (χ3v) is 3.09. The van der Waals surface area contributed by atoms with E-state index in [0.717, 1.165) is 18.5 Å². The molecule has 1 aromatic carbocycles. The molecule has 0 aliphatic carbocycles. The second-order valence-corrected chi connectivity index (χ2v) is 5.46. The molecule has 1 unspecified atom stereocenters. The lowest BCUT2D eigenvalue weighted by Gasteiger charge is -2.15. The van der Waals surface area contributed by atoms with Gasteiger partial charge in [-0.15, -0.1) is 0 Å². The Labute approximate surface area is 127 Å². The summed E-state index contributed by atoms with van der Waals surface area (Å²) in [7, 11) is 0. The first-order valence-electron chi connectivity index (χ1n) is 7.42. The number of aliphatic hydroxyl groups excluding tert-OH is 1. The van der Waals surface area contributed by atoms with Crippen molar-refractivity contribution >= 4 is 11.6 Å². The molecule has 1 atom stereocenters. The summed E-state index contributed by atoms with van der Waals surface area (Å²) in [6, 6.07) is 7.77. The van der Waals surface area contributed by atoms with Gasteiger partial charge in [-0.05, 0) is 51.8 Å². The first-order chi connectivity index (χ1) is 10.0. The van der Waals surface area contributed by atoms with Gasteiger partial charge in [0, 0.05) is 23.8 Å². The number of rotatable bonds is 8. The molecule has 0 spiro atoms. The molecule has 21 heavy (non-hydrogen) atoms. The first-order valence-corrected chi connectivity index (χ1v) is 7.42. The number of benzene rings is 1. The van der Waals surface area contributed by atoms with E-state index in [4.69, 9.17) is 5.11 Å². The van der Waals surface area contributed by atoms with Crippen LogP contribution in [-0.4, -0.2) is 30.2 Å². The minimum absolute atomic E-state index is 0.0505. The molecular formula is C17H26N2O2. The molecule has 0 fully saturated rings. The number of carbonyl (C=O) groups excluding carboxylic acids is 1. The summed E-state index contributed by atoms with van der Waals surface area (Å²) in [5.41, 5.74) is 2.88. The fourth-order valence-corrected chi connectivity index (χ4v) is 2.00. The number of carbonyl (C=O) groups is 1. The topological polar surface area (TPSA) is 61.4 Å². The third kappa shape index (κ3) is 6.95. The van der Waals surface area contributed by atoms with Crippen molar-refractivity contribution in [2.45, 2.75) is 39.7 Å². The second kappa shape index (κ2) is 9.19. The Kier molecular flexibility index (Phi) is 7.54. The van der Waals surface area contributed by atoms with Crippen LogP contribution in [0, 0.1) is 0 Å². The molecule has 0 aromatic heterocycles. The predicted molar refractivity (Wildman–Crippen MR) is 87.6 cm³/mol. The van der Waals surface area contributed by atoms with Crippen molar-refractivity contribution < 1.29 is 9.90 Å². The highest BCUT2D eigenvalue weighted by Gasteiger charge is 2.06. The van der Waals surface area contributed by atoms with Crippen molar-refractivity contribution in [3.05, 3.63) is 41.5 Å². The first kappa shape index (κ1) is 17.2. The van der Waals surface area contributed by atoms with Crippen molar-refractivity contribution in [2.24, 2.45) is 0 Å². The average Bonchev–Trinajstić information content (AvgIpc) is 2.44. The molecule has 1 rings (SSSR count). The maximum atomic E-state index is 11.8. The van der Waals surface area contributed by atoms with Crippen LogP contribution >= 0.6 is 0 Å². The van der Waals surface area contributed by atoms with E-state index in [1.165, 1.54) is 5.57 Å². The van der Waals surface area contributed by atoms with E-state index in [0.29, 0.717) is 11.6 Å². The van der Waals surface area contributed by atoms with Crippen LogP contribution in [-0.2, 0) is 0 Å². The van der Waals surface area contributed by atoms with Crippen LogP contribution in [0.1, 0.15) is 44.0 Å². The van der Waals surface area contributed by atoms with Gasteiger partial charge >= 0.3 is 0 Å². The molecule has 1 amide bonds. The summed E-state index contributed by atoms with van der Waals surface area (Å²) in [4.78, 5) is 11.8. The lowest BCUT2D eigenvalue weighted by molar-refractivity contribution is 0.0945. The zero-order valence-corrected chi connectivity index (χ0v) is 13.1. The minimum Gasteiger partial charge on any atom is -0.395 e. The normalized spacial score (nSPS) is 11.6. The van der Waals surface area contributed by atoms with Crippen LogP contribution in [0.4, 0.5) is 5.69 Å². The number of anilines is 1. The fraction of sp³-hybridized carbons (Fsp3) is 0.471. The van der Waals surface area contributed by atoms with Gasteiger partial charge in [0.1, 0.15) is 0 Å². The zero-order valence-electron chi connectivity index (χ0n) is 13.1. The Morgan fingerprint density at radius 2 is 2.14 bits per heavy atom. The van der Waals surface area contributed by atoms with Gasteiger partial charge in [-0.25, -0.2) is 0 Å². The molecule has 0 saturated heterocycles. The summed E-state index contributed by atoms with van der Waals surface area (Å²) < 4.78 is 0. The van der Waals surface area contributed by atoms with Crippen molar-refractivity contribution in [1.29, 1.82) is 0 Å². The Morgan fingerprint density at radius 3 is 2.81 bits per heavy atom. The van der Waals surface area contributed by atoms with E-state index in [9.17, 15) is 4.79 Å². The summed E-state index contributed by atoms with van der Waals surface area (Å²) >= 11 is 0. The number of hydrogen-bond acceptors (Lipinski definition) is 3. The van der Waals surface area contributed by atoms with Gasteiger partial charge in [-0.1, -0.05) is 17.7 Å². The van der Waals surface area contributed by atoms with Crippen LogP contribution in [0.25, 0.3) is 0 Å². The maximum Gasteiger partial charge on any atom is 0.251 e. The number of amides is 1. The van der Waals surface area contributed by atoms with E-state index in [1.807, 2.05) is 18.2 Å². The van der Waals surface area contributed by atoms with Crippen molar-refractivity contribution in [1.82, 2.24) is 5.32 Å². The molecule has 4 heteroatoms. The van der Waals surface area contributed by atoms with Gasteiger partial charge in [0.15, 0.2) is 0 Å². The van der Waals surface area contributed by atoms with E-state index in [-0.39, 0.29) is 19.1 Å². The van der Waals surface area contributed by atoms with Gasteiger partial charge in [0.25, 0.3) is 5.91 Å². The van der Waals surface area contributed by atoms with Crippen molar-refractivity contribution in [3.63, 3.8) is 0 Å². The molecule has 4 nitrogen and oxygen atoms in total. The van der Waals surface area contributed by atoms with Gasteiger partial charge in [0.2, 0.25) is 0 Å². The van der Waals surface area contributed by atoms with Crippen LogP contribution in [0.3, 0.4) is 0 Å². The maximum absolute atomic E-state index is 11.8. The van der Waals surface area contributed by atoms with E-state index in [1.54, 1.807) is 6.07 Å². The monoisotopic (exact) mass is 290 g/mol. The van der Waals surface area contributed by atoms with E-state index < -0.39 is 0 Å². The Morgan fingerprint density at radius 1 is 1.38 bits per heavy atom. The highest BCUT2D eigenvalue weighted by atomic mass is 16.3. The summed E-state index contributed by atoms with van der Waals surface area (Å²) in [5, 5.41) is 14.8. The quantitative estimate of drug-likeness (QED) is 0.645. The van der Waals surface area contributed by atoms with Gasteiger partial charge in [0.05, 0.1) is 6.61 Å². The Bertz CT molecular complexity index is 479. The molecule has 0 radical (unpaired) electrons. The number of hydrogen-bond donors (Lipinski definition) is 3. The van der Waals surface area contributed by atoms with E-state index in [2.05, 4.69) is 37.5 Å². The molecule has 1 aromatic rings. The number of nitrogens with one attached hydrogen (secondary N) is 2. The number of allylic oxidation sites excluding steroid dienone is 2. The molecular weight excluding hydrogens is 264 g/mol. The summed E-state index contributed by atoms with van der Waals surface area (Å²) in [6.45, 7) is 6.57. The van der Waals surface area contributed by atoms with Crippen molar-refractivity contribution in [3.8, 4) is 0 Å². The standard InChI is InChI=1S/C17H26N2O2/c1-13(2)6-4-7-14(3)19-16-9-5-8-15(12-16)17(21)18-10-11-20/h5-6,8-9,12,14,19-20H,4,7,10-11H2,1-3H3,(H,18,21). The average molecular weight is 290 g/mol. The minimum atomic E-state index is -0.162. The van der Waals surface area contributed by atoms with Crippen LogP contribution < -0.4 is 10.6 Å². The molecule has 0 bridgehead atoms. The fourth-order valence-electron chi connectivity index (χ4n) is 2.00. The molecule has 0 saturated carbocycles. The van der Waals surface area contributed by atoms with Gasteiger partial charge in [-0.2, -0.15) is 0 Å². The molecule has 116 valence electrons. The predicted octanol–water partition coefficient (Wildman–Crippen LogP) is 2.96. The van der Waals surface area contributed by atoms with Gasteiger partial charge < -0.3 is 15.7 Å². The number of aliphatic hydroxyl groups is 1. The Hall–Kier alpha value is -1.81. The highest BCUT2D eigenvalue weighted by molar-refractivity contribution is 5.95. The molecule has 0 heterocycles. The third-order valence-electron chi connectivity index (χ3n) is 3.09. The molecule has 0 aliphatic rings. The van der Waals surface area contributed by atoms with Gasteiger partial charge in [-0.3, -0.25) is 4.79 Å². The summed E-state index contributed by atoms with van der Waals surface area (Å²) in [6.07, 6.45) is 4.33. The smallest absolute Gasteiger partial charge is 0.251 e. The SMILES string of the molecule is CC(C)=CCCC(C)Nc1cccc(C(=O)NCCO)c1. The van der Waals surface area contributed by atoms with E-state index >= 15 is 0 Å². The molecule has 0 aliphatic heterocycles. The molecule has 3 N–H and O–H groups in total. The second-order valence-electron chi connectivity index (χ2n) is 5.46. The Balaban J connectivity index is 2.55. The van der Waals surface area contributed by atoms with Crippen LogP contribution in [0.2, 0.25) is 0 Å². The van der Waals surface area contributed by atoms with Crippen LogP contribution in [0.5, 0.6) is 0 Å². The lowest BCUT2D eigenvalue weighted by Crippen LogP contribution is -2.26. The van der Waals surface area contributed by atoms with Crippen molar-refractivity contribution in [2.75, 3.05) is 18.5 Å². The zero-order chi connectivity index (χ0) is 15.7. The lowest BCUT2D eigenvalue weighted by atomic mass is 10.1. The largest absolute Gasteiger partial charge is 0.395 e. The highest BCUT2D eigenvalue weighted by Crippen LogP contribution is 2.14. The van der Waals surface area contributed by atoms with Crippen LogP contribution in [0.15, 0.2) is 35.9 Å².